The van der Waals surface area contributed by atoms with E-state index in [2.05, 4.69) is 47.0 Å². The van der Waals surface area contributed by atoms with E-state index in [1.54, 1.807) is 50.5 Å². The Hall–Kier alpha value is -4.60. The Kier molecular flexibility index (Phi) is 6.09. The molecule has 0 aromatic carbocycles. The molecule has 2 saturated heterocycles. The van der Waals surface area contributed by atoms with Crippen LogP contribution in [0.3, 0.4) is 0 Å². The van der Waals surface area contributed by atoms with Crippen LogP contribution in [0.4, 0.5) is 16.6 Å². The van der Waals surface area contributed by atoms with E-state index < -0.39 is 36.1 Å². The average molecular weight is 529 g/mol. The third-order valence-corrected chi connectivity index (χ3v) is 7.71. The van der Waals surface area contributed by atoms with E-state index in [9.17, 15) is 14.4 Å². The number of aromatic nitrogens is 4. The summed E-state index contributed by atoms with van der Waals surface area (Å²) in [4.78, 5) is 67.4. The molecule has 1 saturated carbocycles. The molecule has 0 radical (unpaired) electrons. The zero-order chi connectivity index (χ0) is 27.3. The molecule has 5 atom stereocenters. The van der Waals surface area contributed by atoms with Crippen molar-refractivity contribution in [2.75, 3.05) is 36.9 Å². The number of urea groups is 1. The minimum absolute atomic E-state index is 0.0242. The number of imide groups is 1. The SMILES string of the molecule is CC#CCN1C(=O)C2C(N=CN2[C@@H](C)C(=O)Nc2ccnc(-c3cnc(N4CC5CC5C4)nc3)n2)N(C)C1=O. The van der Waals surface area contributed by atoms with E-state index >= 15 is 0 Å². The van der Waals surface area contributed by atoms with Gasteiger partial charge in [0.15, 0.2) is 18.0 Å². The fourth-order valence-corrected chi connectivity index (χ4v) is 5.32. The van der Waals surface area contributed by atoms with Crippen LogP contribution in [-0.4, -0.2) is 104 Å². The zero-order valence-electron chi connectivity index (χ0n) is 21.9. The van der Waals surface area contributed by atoms with Crippen molar-refractivity contribution >= 4 is 36.0 Å². The van der Waals surface area contributed by atoms with Crippen LogP contribution in [0.15, 0.2) is 29.6 Å². The van der Waals surface area contributed by atoms with Crippen molar-refractivity contribution in [1.82, 2.24) is 34.6 Å². The molecule has 13 nitrogen and oxygen atoms in total. The zero-order valence-corrected chi connectivity index (χ0v) is 21.9. The summed E-state index contributed by atoms with van der Waals surface area (Å²) in [5.74, 6) is 7.59. The number of amides is 4. The van der Waals surface area contributed by atoms with Gasteiger partial charge in [0.05, 0.1) is 18.4 Å². The van der Waals surface area contributed by atoms with E-state index in [-0.39, 0.29) is 6.54 Å². The largest absolute Gasteiger partial charge is 0.340 e. The van der Waals surface area contributed by atoms with Crippen LogP contribution in [0.2, 0.25) is 0 Å². The van der Waals surface area contributed by atoms with Crippen molar-refractivity contribution in [3.8, 4) is 23.2 Å². The molecule has 4 unspecified atom stereocenters. The van der Waals surface area contributed by atoms with Crippen molar-refractivity contribution in [3.63, 3.8) is 0 Å². The van der Waals surface area contributed by atoms with Crippen LogP contribution in [0.1, 0.15) is 20.3 Å². The highest BCUT2D eigenvalue weighted by atomic mass is 16.2. The minimum Gasteiger partial charge on any atom is -0.340 e. The van der Waals surface area contributed by atoms with Gasteiger partial charge in [-0.3, -0.25) is 14.5 Å². The number of carbonyl (C=O) groups excluding carboxylic acids is 3. The summed E-state index contributed by atoms with van der Waals surface area (Å²) >= 11 is 0. The lowest BCUT2D eigenvalue weighted by Gasteiger charge is -2.41. The number of likely N-dealkylation sites (N-methyl/N-ethyl adjacent to an activating group) is 1. The number of rotatable bonds is 6. The van der Waals surface area contributed by atoms with Gasteiger partial charge in [-0.1, -0.05) is 5.92 Å². The molecular weight excluding hydrogens is 500 g/mol. The Bertz CT molecular complexity index is 1410. The van der Waals surface area contributed by atoms with E-state index in [4.69, 9.17) is 0 Å². The molecule has 0 spiro atoms. The summed E-state index contributed by atoms with van der Waals surface area (Å²) in [6.45, 7) is 5.29. The molecule has 1 aliphatic carbocycles. The first-order chi connectivity index (χ1) is 18.9. The van der Waals surface area contributed by atoms with Gasteiger partial charge in [-0.15, -0.1) is 5.92 Å². The molecular formula is C26H28N10O3. The van der Waals surface area contributed by atoms with E-state index in [0.717, 1.165) is 29.8 Å². The molecule has 0 bridgehead atoms. The standard InChI is InChI=1S/C26H28N10O3/c1-4-5-8-35-24(38)20-22(33(3)26(35)39)30-14-36(20)15(2)23(37)32-19-6-7-27-21(31-19)18-10-28-25(29-11-18)34-12-16-9-17(16)13-34/h6-7,10-11,14-17,20,22H,8-9,12-13H2,1-3H3,(H,27,31,32,37)/t15-,16?,17?,20?,22?/m0/s1. The maximum absolute atomic E-state index is 13.2. The number of piperidine rings is 1. The predicted octanol–water partition coefficient (Wildman–Crippen LogP) is 0.673. The van der Waals surface area contributed by atoms with E-state index in [1.165, 1.54) is 17.7 Å². The van der Waals surface area contributed by atoms with Gasteiger partial charge in [-0.2, -0.15) is 0 Å². The van der Waals surface area contributed by atoms with Crippen molar-refractivity contribution < 1.29 is 14.4 Å². The number of anilines is 2. The molecule has 39 heavy (non-hydrogen) atoms. The summed E-state index contributed by atoms with van der Waals surface area (Å²) in [5, 5.41) is 2.80. The molecule has 200 valence electrons. The average Bonchev–Trinajstić information content (AvgIpc) is 3.33. The lowest BCUT2D eigenvalue weighted by molar-refractivity contribution is -0.138. The van der Waals surface area contributed by atoms with Crippen LogP contribution in [-0.2, 0) is 9.59 Å². The quantitative estimate of drug-likeness (QED) is 0.536. The second-order valence-corrected chi connectivity index (χ2v) is 10.2. The highest BCUT2D eigenvalue weighted by Crippen LogP contribution is 2.45. The molecule has 5 heterocycles. The Balaban J connectivity index is 1.14. The summed E-state index contributed by atoms with van der Waals surface area (Å²) in [7, 11) is 1.58. The number of nitrogens with zero attached hydrogens (tertiary/aromatic N) is 9. The molecule has 1 N–H and O–H groups in total. The van der Waals surface area contributed by atoms with Crippen molar-refractivity contribution in [2.24, 2.45) is 16.8 Å². The molecule has 4 amide bonds. The first kappa shape index (κ1) is 24.7. The Labute approximate surface area is 225 Å². The lowest BCUT2D eigenvalue weighted by atomic mass is 10.1. The fraction of sp³-hybridized carbons (Fsp3) is 0.462. The number of aliphatic imine (C=N–C) groups is 1. The Morgan fingerprint density at radius 1 is 1.18 bits per heavy atom. The van der Waals surface area contributed by atoms with E-state index in [0.29, 0.717) is 23.2 Å². The smallest absolute Gasteiger partial charge is 0.329 e. The van der Waals surface area contributed by atoms with Gasteiger partial charge in [0, 0.05) is 38.7 Å². The molecule has 3 aliphatic heterocycles. The van der Waals surface area contributed by atoms with Gasteiger partial charge in [-0.05, 0) is 38.2 Å². The van der Waals surface area contributed by atoms with E-state index in [1.807, 2.05) is 0 Å². The first-order valence-corrected chi connectivity index (χ1v) is 12.9. The Morgan fingerprint density at radius 3 is 2.64 bits per heavy atom. The molecule has 6 rings (SSSR count). The van der Waals surface area contributed by atoms with Crippen molar-refractivity contribution in [1.29, 1.82) is 0 Å². The van der Waals surface area contributed by atoms with Crippen LogP contribution >= 0.6 is 0 Å². The van der Waals surface area contributed by atoms with Gasteiger partial charge >= 0.3 is 6.03 Å². The highest BCUT2D eigenvalue weighted by molar-refractivity contribution is 6.03. The maximum atomic E-state index is 13.2. The fourth-order valence-electron chi connectivity index (χ4n) is 5.32. The summed E-state index contributed by atoms with van der Waals surface area (Å²) in [6, 6.07) is -0.488. The van der Waals surface area contributed by atoms with Gasteiger partial charge in [0.1, 0.15) is 11.9 Å². The molecule has 4 aliphatic rings. The topological polar surface area (TPSA) is 140 Å². The van der Waals surface area contributed by atoms with Crippen LogP contribution in [0.5, 0.6) is 0 Å². The number of hydrogen-bond acceptors (Lipinski definition) is 10. The third kappa shape index (κ3) is 4.41. The third-order valence-electron chi connectivity index (χ3n) is 7.71. The van der Waals surface area contributed by atoms with Crippen LogP contribution < -0.4 is 10.2 Å². The maximum Gasteiger partial charge on any atom is 0.329 e. The number of nitrogens with one attached hydrogen (secondary N) is 1. The monoisotopic (exact) mass is 528 g/mol. The number of fused-ring (bicyclic) bond motifs is 2. The second-order valence-electron chi connectivity index (χ2n) is 10.2. The number of carbonyl (C=O) groups is 3. The highest BCUT2D eigenvalue weighted by Gasteiger charge is 2.51. The van der Waals surface area contributed by atoms with Gasteiger partial charge in [0.25, 0.3) is 5.91 Å². The van der Waals surface area contributed by atoms with Crippen LogP contribution in [0, 0.1) is 23.7 Å². The molecule has 2 aromatic heterocycles. The van der Waals surface area contributed by atoms with Crippen molar-refractivity contribution in [3.05, 3.63) is 24.7 Å². The predicted molar refractivity (Wildman–Crippen MR) is 141 cm³/mol. The van der Waals surface area contributed by atoms with Gasteiger partial charge < -0.3 is 20.0 Å². The number of hydrogen-bond donors (Lipinski definition) is 1. The summed E-state index contributed by atoms with van der Waals surface area (Å²) in [6.07, 6.45) is 6.98. The lowest BCUT2D eigenvalue weighted by Crippen LogP contribution is -2.66. The first-order valence-electron chi connectivity index (χ1n) is 12.9. The summed E-state index contributed by atoms with van der Waals surface area (Å²) in [5.41, 5.74) is 0.637. The van der Waals surface area contributed by atoms with Crippen LogP contribution in [0.25, 0.3) is 11.4 Å². The molecule has 2 aromatic rings. The Morgan fingerprint density at radius 2 is 1.92 bits per heavy atom. The minimum atomic E-state index is -0.828. The van der Waals surface area contributed by atoms with Gasteiger partial charge in [0.2, 0.25) is 11.9 Å². The summed E-state index contributed by atoms with van der Waals surface area (Å²) < 4.78 is 0. The molecule has 3 fully saturated rings. The van der Waals surface area contributed by atoms with Gasteiger partial charge in [-0.25, -0.2) is 29.7 Å². The molecule has 13 heteroatoms. The normalized spacial score (nSPS) is 25.7. The second kappa shape index (κ2) is 9.61. The van der Waals surface area contributed by atoms with Crippen molar-refractivity contribution in [2.45, 2.75) is 38.5 Å².